The maximum absolute atomic E-state index is 9.55. The van der Waals surface area contributed by atoms with Gasteiger partial charge in [0.2, 0.25) is 0 Å². The van der Waals surface area contributed by atoms with E-state index in [-0.39, 0.29) is 13.2 Å². The number of nitrogens with zero attached hydrogens (tertiary/aromatic N) is 1. The molecule has 0 aromatic carbocycles. The van der Waals surface area contributed by atoms with Crippen molar-refractivity contribution in [2.75, 3.05) is 39.6 Å². The van der Waals surface area contributed by atoms with Crippen LogP contribution in [0.2, 0.25) is 0 Å². The van der Waals surface area contributed by atoms with Crippen LogP contribution in [0.4, 0.5) is 0 Å². The zero-order chi connectivity index (χ0) is 8.36. The van der Waals surface area contributed by atoms with Crippen LogP contribution in [-0.2, 0) is 9.47 Å². The van der Waals surface area contributed by atoms with Crippen molar-refractivity contribution in [3.63, 3.8) is 0 Å². The summed E-state index contributed by atoms with van der Waals surface area (Å²) in [7, 11) is 0. The quantitative estimate of drug-likeness (QED) is 0.396. The Labute approximate surface area is 65.3 Å². The Balaban J connectivity index is 2.74. The maximum atomic E-state index is 9.55. The van der Waals surface area contributed by atoms with Crippen molar-refractivity contribution in [2.45, 2.75) is 0 Å². The van der Waals surface area contributed by atoms with Crippen LogP contribution in [0.15, 0.2) is 5.18 Å². The molecular weight excluding hydrogens is 150 g/mol. The first-order chi connectivity index (χ1) is 5.41. The zero-order valence-electron chi connectivity index (χ0n) is 6.36. The Kier molecular flexibility index (Phi) is 9.03. The minimum atomic E-state index is 0.0237. The summed E-state index contributed by atoms with van der Waals surface area (Å²) in [6, 6.07) is 0. The van der Waals surface area contributed by atoms with Gasteiger partial charge in [0.25, 0.3) is 0 Å². The molecule has 0 aromatic rings. The van der Waals surface area contributed by atoms with Crippen molar-refractivity contribution < 1.29 is 14.6 Å². The molecule has 5 heteroatoms. The van der Waals surface area contributed by atoms with Gasteiger partial charge in [0.1, 0.15) is 6.54 Å². The Morgan fingerprint density at radius 2 is 1.73 bits per heavy atom. The molecular formula is C6H13NO4. The van der Waals surface area contributed by atoms with Crippen molar-refractivity contribution in [3.8, 4) is 0 Å². The van der Waals surface area contributed by atoms with Crippen LogP contribution in [0.25, 0.3) is 0 Å². The molecule has 0 amide bonds. The Hall–Kier alpha value is -0.520. The molecule has 0 aliphatic rings. The van der Waals surface area contributed by atoms with E-state index < -0.39 is 0 Å². The van der Waals surface area contributed by atoms with E-state index in [4.69, 9.17) is 14.6 Å². The SMILES string of the molecule is O=NCCOCCOCCO. The highest BCUT2D eigenvalue weighted by molar-refractivity contribution is 4.37. The van der Waals surface area contributed by atoms with Gasteiger partial charge in [-0.25, -0.2) is 0 Å². The summed E-state index contributed by atoms with van der Waals surface area (Å²) in [6.07, 6.45) is 0. The number of nitroso groups, excluding NO2 is 1. The van der Waals surface area contributed by atoms with Gasteiger partial charge < -0.3 is 14.6 Å². The number of hydrogen-bond acceptors (Lipinski definition) is 5. The van der Waals surface area contributed by atoms with Gasteiger partial charge in [-0.2, -0.15) is 4.91 Å². The standard InChI is InChI=1S/C6H13NO4/c8-2-4-11-6-5-10-3-1-7-9/h8H,1-6H2. The molecule has 0 atom stereocenters. The van der Waals surface area contributed by atoms with Gasteiger partial charge >= 0.3 is 0 Å². The molecule has 0 aliphatic heterocycles. The lowest BCUT2D eigenvalue weighted by atomic mass is 10.7. The van der Waals surface area contributed by atoms with Crippen molar-refractivity contribution in [3.05, 3.63) is 4.91 Å². The monoisotopic (exact) mass is 163 g/mol. The van der Waals surface area contributed by atoms with E-state index in [1.807, 2.05) is 0 Å². The summed E-state index contributed by atoms with van der Waals surface area (Å²) < 4.78 is 9.80. The second-order valence-corrected chi connectivity index (χ2v) is 1.80. The van der Waals surface area contributed by atoms with E-state index in [1.54, 1.807) is 0 Å². The second-order valence-electron chi connectivity index (χ2n) is 1.80. The summed E-state index contributed by atoms with van der Waals surface area (Å²) >= 11 is 0. The lowest BCUT2D eigenvalue weighted by Crippen LogP contribution is -2.08. The number of aliphatic hydroxyl groups is 1. The molecule has 0 spiro atoms. The Morgan fingerprint density at radius 1 is 1.09 bits per heavy atom. The van der Waals surface area contributed by atoms with E-state index in [9.17, 15) is 4.91 Å². The van der Waals surface area contributed by atoms with Crippen molar-refractivity contribution in [1.29, 1.82) is 0 Å². The topological polar surface area (TPSA) is 68.1 Å². The van der Waals surface area contributed by atoms with Gasteiger partial charge in [0, 0.05) is 0 Å². The first kappa shape index (κ1) is 10.5. The third-order valence-electron chi connectivity index (χ3n) is 0.935. The van der Waals surface area contributed by atoms with Crippen LogP contribution in [0.5, 0.6) is 0 Å². The summed E-state index contributed by atoms with van der Waals surface area (Å²) in [5.41, 5.74) is 0. The number of rotatable bonds is 8. The zero-order valence-corrected chi connectivity index (χ0v) is 6.36. The summed E-state index contributed by atoms with van der Waals surface area (Å²) in [4.78, 5) is 9.55. The first-order valence-corrected chi connectivity index (χ1v) is 3.47. The number of hydrogen-bond donors (Lipinski definition) is 1. The van der Waals surface area contributed by atoms with E-state index in [0.717, 1.165) is 0 Å². The molecule has 5 nitrogen and oxygen atoms in total. The fourth-order valence-electron chi connectivity index (χ4n) is 0.488. The maximum Gasteiger partial charge on any atom is 0.104 e. The molecule has 1 N–H and O–H groups in total. The highest BCUT2D eigenvalue weighted by Crippen LogP contribution is 1.78. The van der Waals surface area contributed by atoms with Crippen LogP contribution in [0, 0.1) is 4.91 Å². The lowest BCUT2D eigenvalue weighted by Gasteiger charge is -2.01. The molecule has 0 aromatic heterocycles. The van der Waals surface area contributed by atoms with Crippen molar-refractivity contribution >= 4 is 0 Å². The van der Waals surface area contributed by atoms with Crippen LogP contribution in [0.1, 0.15) is 0 Å². The van der Waals surface area contributed by atoms with Gasteiger partial charge in [-0.3, -0.25) is 0 Å². The smallest absolute Gasteiger partial charge is 0.104 e. The average molecular weight is 163 g/mol. The molecule has 0 heterocycles. The fourth-order valence-corrected chi connectivity index (χ4v) is 0.488. The van der Waals surface area contributed by atoms with Crippen LogP contribution >= 0.6 is 0 Å². The predicted molar refractivity (Wildman–Crippen MR) is 39.4 cm³/mol. The van der Waals surface area contributed by atoms with Gasteiger partial charge in [0.15, 0.2) is 0 Å². The molecule has 0 aliphatic carbocycles. The lowest BCUT2D eigenvalue weighted by molar-refractivity contribution is 0.0354. The molecule has 0 saturated carbocycles. The minimum absolute atomic E-state index is 0.0237. The summed E-state index contributed by atoms with van der Waals surface area (Å²) in [6.45, 7) is 1.76. The molecule has 11 heavy (non-hydrogen) atoms. The highest BCUT2D eigenvalue weighted by Gasteiger charge is 1.88. The van der Waals surface area contributed by atoms with Crippen molar-refractivity contribution in [1.82, 2.24) is 0 Å². The van der Waals surface area contributed by atoms with E-state index >= 15 is 0 Å². The normalized spacial score (nSPS) is 9.91. The number of aliphatic hydroxyl groups excluding tert-OH is 1. The molecule has 0 rings (SSSR count). The Morgan fingerprint density at radius 3 is 2.27 bits per heavy atom. The molecule has 0 unspecified atom stereocenters. The van der Waals surface area contributed by atoms with E-state index in [2.05, 4.69) is 5.18 Å². The van der Waals surface area contributed by atoms with Crippen LogP contribution in [-0.4, -0.2) is 44.7 Å². The summed E-state index contributed by atoms with van der Waals surface area (Å²) in [5.74, 6) is 0. The largest absolute Gasteiger partial charge is 0.394 e. The van der Waals surface area contributed by atoms with Crippen molar-refractivity contribution in [2.24, 2.45) is 5.18 Å². The first-order valence-electron chi connectivity index (χ1n) is 3.47. The van der Waals surface area contributed by atoms with Gasteiger partial charge in [-0.1, -0.05) is 5.18 Å². The van der Waals surface area contributed by atoms with E-state index in [1.165, 1.54) is 0 Å². The average Bonchev–Trinajstić information content (AvgIpc) is 2.03. The fraction of sp³-hybridized carbons (Fsp3) is 1.00. The minimum Gasteiger partial charge on any atom is -0.394 e. The predicted octanol–water partition coefficient (Wildman–Crippen LogP) is -0.222. The molecule has 66 valence electrons. The molecule has 0 radical (unpaired) electrons. The molecule has 0 fully saturated rings. The third-order valence-corrected chi connectivity index (χ3v) is 0.935. The van der Waals surface area contributed by atoms with Gasteiger partial charge in [0.05, 0.1) is 33.0 Å². The number of ether oxygens (including phenoxy) is 2. The van der Waals surface area contributed by atoms with Gasteiger partial charge in [-0.15, -0.1) is 0 Å². The second kappa shape index (κ2) is 9.48. The Bertz CT molecular complexity index is 88.7. The van der Waals surface area contributed by atoms with Gasteiger partial charge in [-0.05, 0) is 0 Å². The van der Waals surface area contributed by atoms with Crippen LogP contribution in [0.3, 0.4) is 0 Å². The third kappa shape index (κ3) is 9.48. The van der Waals surface area contributed by atoms with Crippen LogP contribution < -0.4 is 0 Å². The summed E-state index contributed by atoms with van der Waals surface area (Å²) in [5, 5.41) is 10.9. The van der Waals surface area contributed by atoms with E-state index in [0.29, 0.717) is 26.4 Å². The molecule has 0 bridgehead atoms. The highest BCUT2D eigenvalue weighted by atomic mass is 16.5. The molecule has 0 saturated heterocycles.